The van der Waals surface area contributed by atoms with Gasteiger partial charge in [-0.3, -0.25) is 0 Å². The molecule has 0 fully saturated rings. The van der Waals surface area contributed by atoms with Crippen molar-refractivity contribution in [2.75, 3.05) is 18.5 Å². The Morgan fingerprint density at radius 1 is 1.37 bits per heavy atom. The van der Waals surface area contributed by atoms with E-state index >= 15 is 0 Å². The van der Waals surface area contributed by atoms with Crippen molar-refractivity contribution in [3.8, 4) is 5.75 Å². The summed E-state index contributed by atoms with van der Waals surface area (Å²) in [6.07, 6.45) is 4.60. The van der Waals surface area contributed by atoms with Gasteiger partial charge in [0.25, 0.3) is 0 Å². The molecule has 5 heteroatoms. The van der Waals surface area contributed by atoms with E-state index in [9.17, 15) is 0 Å². The first-order valence-electron chi connectivity index (χ1n) is 6.52. The molecule has 0 saturated heterocycles. The summed E-state index contributed by atoms with van der Waals surface area (Å²) in [4.78, 5) is 8.66. The molecule has 0 spiro atoms. The van der Waals surface area contributed by atoms with Gasteiger partial charge in [-0.25, -0.2) is 9.97 Å². The zero-order chi connectivity index (χ0) is 13.5. The van der Waals surface area contributed by atoms with E-state index in [1.165, 1.54) is 0 Å². The van der Waals surface area contributed by atoms with E-state index < -0.39 is 0 Å². The van der Waals surface area contributed by atoms with E-state index in [2.05, 4.69) is 29.1 Å². The molecule has 2 rings (SSSR count). The van der Waals surface area contributed by atoms with Crippen LogP contribution in [0.4, 0.5) is 5.82 Å². The highest BCUT2D eigenvalue weighted by molar-refractivity contribution is 7.09. The van der Waals surface area contributed by atoms with E-state index in [4.69, 9.17) is 4.74 Å². The predicted molar refractivity (Wildman–Crippen MR) is 79.0 cm³/mol. The minimum absolute atomic E-state index is 0.362. The van der Waals surface area contributed by atoms with Crippen LogP contribution in [0.3, 0.4) is 0 Å². The van der Waals surface area contributed by atoms with Gasteiger partial charge in [-0.15, -0.1) is 11.3 Å². The van der Waals surface area contributed by atoms with Gasteiger partial charge in [0.05, 0.1) is 11.6 Å². The Morgan fingerprint density at radius 3 is 3.00 bits per heavy atom. The van der Waals surface area contributed by atoms with E-state index in [1.807, 2.05) is 23.7 Å². The van der Waals surface area contributed by atoms with Crippen molar-refractivity contribution in [2.24, 2.45) is 0 Å². The average molecular weight is 277 g/mol. The molecular formula is C14H19N3OS. The monoisotopic (exact) mass is 277 g/mol. The number of nitrogens with one attached hydrogen (secondary N) is 1. The van der Waals surface area contributed by atoms with Crippen LogP contribution >= 0.6 is 11.3 Å². The summed E-state index contributed by atoms with van der Waals surface area (Å²) in [6.45, 7) is 5.75. The van der Waals surface area contributed by atoms with Crippen molar-refractivity contribution in [2.45, 2.75) is 26.2 Å². The summed E-state index contributed by atoms with van der Waals surface area (Å²) in [6, 6.07) is 3.83. The van der Waals surface area contributed by atoms with Crippen LogP contribution in [0.1, 0.15) is 31.2 Å². The number of pyridine rings is 1. The third-order valence-electron chi connectivity index (χ3n) is 2.68. The van der Waals surface area contributed by atoms with Gasteiger partial charge in [0.1, 0.15) is 0 Å². The summed E-state index contributed by atoms with van der Waals surface area (Å²) in [5.41, 5.74) is 0. The van der Waals surface area contributed by atoms with Gasteiger partial charge in [-0.1, -0.05) is 13.8 Å². The maximum atomic E-state index is 5.67. The van der Waals surface area contributed by atoms with E-state index in [0.29, 0.717) is 12.5 Å². The molecule has 0 bridgehead atoms. The quantitative estimate of drug-likeness (QED) is 0.841. The molecule has 1 unspecified atom stereocenters. The molecule has 102 valence electrons. The average Bonchev–Trinajstić information content (AvgIpc) is 2.97. The van der Waals surface area contributed by atoms with Gasteiger partial charge in [0.15, 0.2) is 11.6 Å². The smallest absolute Gasteiger partial charge is 0.168 e. The van der Waals surface area contributed by atoms with Crippen LogP contribution in [0, 0.1) is 0 Å². The Bertz CT molecular complexity index is 487. The second kappa shape index (κ2) is 7.09. The molecule has 0 aromatic carbocycles. The molecule has 0 aliphatic rings. The van der Waals surface area contributed by atoms with E-state index in [1.54, 1.807) is 17.5 Å². The second-order valence-electron chi connectivity index (χ2n) is 4.35. The fourth-order valence-electron chi connectivity index (χ4n) is 1.67. The van der Waals surface area contributed by atoms with Crippen molar-refractivity contribution >= 4 is 17.2 Å². The molecule has 0 amide bonds. The van der Waals surface area contributed by atoms with Crippen LogP contribution in [-0.4, -0.2) is 23.1 Å². The van der Waals surface area contributed by atoms with E-state index in [-0.39, 0.29) is 0 Å². The van der Waals surface area contributed by atoms with Gasteiger partial charge in [0.2, 0.25) is 0 Å². The second-order valence-corrected chi connectivity index (χ2v) is 5.28. The van der Waals surface area contributed by atoms with Gasteiger partial charge in [0, 0.05) is 30.2 Å². The van der Waals surface area contributed by atoms with Crippen LogP contribution in [0.5, 0.6) is 5.75 Å². The Labute approximate surface area is 117 Å². The minimum atomic E-state index is 0.362. The van der Waals surface area contributed by atoms with Crippen molar-refractivity contribution in [1.29, 1.82) is 0 Å². The van der Waals surface area contributed by atoms with Crippen LogP contribution in [0.25, 0.3) is 0 Å². The maximum Gasteiger partial charge on any atom is 0.168 e. The molecule has 2 aromatic rings. The zero-order valence-electron chi connectivity index (χ0n) is 11.3. The predicted octanol–water partition coefficient (Wildman–Crippen LogP) is 3.54. The summed E-state index contributed by atoms with van der Waals surface area (Å²) in [5, 5.41) is 6.48. The number of ether oxygens (including phenoxy) is 1. The zero-order valence-corrected chi connectivity index (χ0v) is 12.1. The summed E-state index contributed by atoms with van der Waals surface area (Å²) in [5.74, 6) is 1.98. The third kappa shape index (κ3) is 3.92. The number of rotatable bonds is 7. The fourth-order valence-corrected chi connectivity index (χ4v) is 2.37. The fraction of sp³-hybridized carbons (Fsp3) is 0.429. The highest BCUT2D eigenvalue weighted by Crippen LogP contribution is 2.23. The molecule has 19 heavy (non-hydrogen) atoms. The molecule has 0 radical (unpaired) electrons. The van der Waals surface area contributed by atoms with Gasteiger partial charge >= 0.3 is 0 Å². The highest BCUT2D eigenvalue weighted by Gasteiger charge is 2.10. The molecule has 4 nitrogen and oxygen atoms in total. The largest absolute Gasteiger partial charge is 0.490 e. The third-order valence-corrected chi connectivity index (χ3v) is 3.69. The normalized spacial score (nSPS) is 12.1. The summed E-state index contributed by atoms with van der Waals surface area (Å²) >= 11 is 1.68. The van der Waals surface area contributed by atoms with Crippen molar-refractivity contribution < 1.29 is 4.74 Å². The Morgan fingerprint density at radius 2 is 2.26 bits per heavy atom. The lowest BCUT2D eigenvalue weighted by atomic mass is 10.2. The molecule has 1 atom stereocenters. The number of hydrogen-bond acceptors (Lipinski definition) is 5. The first-order chi connectivity index (χ1) is 9.31. The Hall–Kier alpha value is -1.62. The Kier molecular flexibility index (Phi) is 5.15. The lowest BCUT2D eigenvalue weighted by molar-refractivity contribution is 0.317. The molecular weight excluding hydrogens is 258 g/mol. The van der Waals surface area contributed by atoms with Crippen LogP contribution < -0.4 is 10.1 Å². The topological polar surface area (TPSA) is 47.0 Å². The number of nitrogens with zero attached hydrogens (tertiary/aromatic N) is 2. The Balaban J connectivity index is 1.95. The highest BCUT2D eigenvalue weighted by atomic mass is 32.1. The number of thiazole rings is 1. The number of hydrogen-bond donors (Lipinski definition) is 1. The van der Waals surface area contributed by atoms with E-state index in [0.717, 1.165) is 29.5 Å². The van der Waals surface area contributed by atoms with Crippen molar-refractivity contribution in [3.63, 3.8) is 0 Å². The minimum Gasteiger partial charge on any atom is -0.490 e. The SMILES string of the molecule is CCCOc1cccnc1NCC(C)c1nccs1. The standard InChI is InChI=1S/C14H19N3OS/c1-3-8-18-12-5-4-6-15-13(12)17-10-11(2)14-16-7-9-19-14/h4-7,9,11H,3,8,10H2,1-2H3,(H,15,17). The number of anilines is 1. The molecule has 0 aliphatic heterocycles. The van der Waals surface area contributed by atoms with Crippen LogP contribution in [-0.2, 0) is 0 Å². The summed E-state index contributed by atoms with van der Waals surface area (Å²) < 4.78 is 5.67. The number of aromatic nitrogens is 2. The van der Waals surface area contributed by atoms with Crippen LogP contribution in [0.2, 0.25) is 0 Å². The lowest BCUT2D eigenvalue weighted by Gasteiger charge is -2.14. The molecule has 2 aromatic heterocycles. The molecule has 1 N–H and O–H groups in total. The first-order valence-corrected chi connectivity index (χ1v) is 7.40. The van der Waals surface area contributed by atoms with Gasteiger partial charge < -0.3 is 10.1 Å². The summed E-state index contributed by atoms with van der Waals surface area (Å²) in [7, 11) is 0. The first kappa shape index (κ1) is 13.8. The molecule has 0 aliphatic carbocycles. The van der Waals surface area contributed by atoms with Gasteiger partial charge in [-0.05, 0) is 18.6 Å². The molecule has 0 saturated carbocycles. The maximum absolute atomic E-state index is 5.67. The van der Waals surface area contributed by atoms with Crippen molar-refractivity contribution in [1.82, 2.24) is 9.97 Å². The van der Waals surface area contributed by atoms with Crippen LogP contribution in [0.15, 0.2) is 29.9 Å². The van der Waals surface area contributed by atoms with Crippen molar-refractivity contribution in [3.05, 3.63) is 34.9 Å². The molecule has 2 heterocycles. The lowest BCUT2D eigenvalue weighted by Crippen LogP contribution is -2.12. The van der Waals surface area contributed by atoms with Gasteiger partial charge in [-0.2, -0.15) is 0 Å².